The molecule has 0 aromatic heterocycles. The van der Waals surface area contributed by atoms with Gasteiger partial charge in [-0.3, -0.25) is 4.79 Å². The summed E-state index contributed by atoms with van der Waals surface area (Å²) in [5.74, 6) is 0.547. The van der Waals surface area contributed by atoms with Crippen molar-refractivity contribution in [1.29, 1.82) is 0 Å². The highest BCUT2D eigenvalue weighted by atomic mass is 16.5. The zero-order valence-corrected chi connectivity index (χ0v) is 18.5. The molecule has 3 aromatic carbocycles. The Bertz CT molecular complexity index is 1120. The number of ether oxygens (including phenoxy) is 4. The Morgan fingerprint density at radius 2 is 1.58 bits per heavy atom. The van der Waals surface area contributed by atoms with Gasteiger partial charge >= 0.3 is 5.97 Å². The highest BCUT2D eigenvalue weighted by molar-refractivity contribution is 5.93. The summed E-state index contributed by atoms with van der Waals surface area (Å²) in [7, 11) is 4.41. The molecule has 8 heteroatoms. The summed E-state index contributed by atoms with van der Waals surface area (Å²) in [4.78, 5) is 24.7. The van der Waals surface area contributed by atoms with Gasteiger partial charge in [-0.1, -0.05) is 42.5 Å². The van der Waals surface area contributed by atoms with Crippen LogP contribution in [0, 0.1) is 0 Å². The van der Waals surface area contributed by atoms with Gasteiger partial charge in [-0.05, 0) is 35.4 Å². The van der Waals surface area contributed by atoms with E-state index in [4.69, 9.17) is 18.9 Å². The average Bonchev–Trinajstić information content (AvgIpc) is 2.83. The number of hydrogen-bond donors (Lipinski definition) is 1. The number of benzene rings is 3. The number of rotatable bonds is 9. The van der Waals surface area contributed by atoms with E-state index in [9.17, 15) is 9.59 Å². The maximum atomic E-state index is 12.7. The number of carbonyl (C=O) groups excluding carboxylic acids is 2. The molecule has 0 aliphatic rings. The molecule has 3 aromatic rings. The smallest absolute Gasteiger partial charge is 0.343 e. The number of nitrogens with one attached hydrogen (secondary N) is 1. The predicted octanol–water partition coefficient (Wildman–Crippen LogP) is 3.62. The highest BCUT2D eigenvalue weighted by Gasteiger charge is 2.18. The third-order valence-corrected chi connectivity index (χ3v) is 4.58. The highest BCUT2D eigenvalue weighted by Crippen LogP contribution is 2.38. The number of hydrogen-bond acceptors (Lipinski definition) is 7. The second-order valence-electron chi connectivity index (χ2n) is 6.83. The van der Waals surface area contributed by atoms with Crippen molar-refractivity contribution < 1.29 is 28.5 Å². The van der Waals surface area contributed by atoms with E-state index >= 15 is 0 Å². The van der Waals surface area contributed by atoms with Crippen LogP contribution in [0.4, 0.5) is 0 Å². The predicted molar refractivity (Wildman–Crippen MR) is 123 cm³/mol. The van der Waals surface area contributed by atoms with Crippen LogP contribution in [0.1, 0.15) is 21.5 Å². The SMILES string of the molecule is COc1cc(C(=O)Oc2cccc(/C=N/NC(=O)Cc3ccccc3)c2)cc(OC)c1OC. The van der Waals surface area contributed by atoms with E-state index in [0.29, 0.717) is 28.6 Å². The second kappa shape index (κ2) is 11.3. The Balaban J connectivity index is 1.65. The fourth-order valence-electron chi connectivity index (χ4n) is 3.02. The third-order valence-electron chi connectivity index (χ3n) is 4.58. The summed E-state index contributed by atoms with van der Waals surface area (Å²) in [6.45, 7) is 0. The van der Waals surface area contributed by atoms with Gasteiger partial charge in [-0.15, -0.1) is 0 Å². The van der Waals surface area contributed by atoms with Crippen LogP contribution in [0.25, 0.3) is 0 Å². The summed E-state index contributed by atoms with van der Waals surface area (Å²) < 4.78 is 21.3. The Morgan fingerprint density at radius 3 is 2.21 bits per heavy atom. The van der Waals surface area contributed by atoms with E-state index in [1.165, 1.54) is 39.7 Å². The second-order valence-corrected chi connectivity index (χ2v) is 6.83. The van der Waals surface area contributed by atoms with Gasteiger partial charge in [0.25, 0.3) is 0 Å². The van der Waals surface area contributed by atoms with Gasteiger partial charge in [0.15, 0.2) is 11.5 Å². The lowest BCUT2D eigenvalue weighted by Gasteiger charge is -2.13. The molecule has 0 saturated heterocycles. The fraction of sp³-hybridized carbons (Fsp3) is 0.160. The molecule has 3 rings (SSSR count). The molecular weight excluding hydrogens is 424 g/mol. The molecule has 0 aliphatic carbocycles. The molecule has 0 heterocycles. The van der Waals surface area contributed by atoms with Crippen molar-refractivity contribution in [2.75, 3.05) is 21.3 Å². The van der Waals surface area contributed by atoms with E-state index in [0.717, 1.165) is 5.56 Å². The number of amides is 1. The number of esters is 1. The summed E-state index contributed by atoms with van der Waals surface area (Å²) in [5.41, 5.74) is 4.26. The zero-order valence-electron chi connectivity index (χ0n) is 18.5. The quantitative estimate of drug-likeness (QED) is 0.233. The first-order valence-corrected chi connectivity index (χ1v) is 10.0. The van der Waals surface area contributed by atoms with Crippen molar-refractivity contribution >= 4 is 18.1 Å². The average molecular weight is 448 g/mol. The fourth-order valence-corrected chi connectivity index (χ4v) is 3.02. The van der Waals surface area contributed by atoms with E-state index in [1.807, 2.05) is 30.3 Å². The largest absolute Gasteiger partial charge is 0.493 e. The molecule has 1 amide bonds. The Hall–Kier alpha value is -4.33. The number of carbonyl (C=O) groups is 2. The van der Waals surface area contributed by atoms with Crippen LogP contribution in [0.3, 0.4) is 0 Å². The van der Waals surface area contributed by atoms with Crippen molar-refractivity contribution in [3.8, 4) is 23.0 Å². The van der Waals surface area contributed by atoms with E-state index < -0.39 is 5.97 Å². The maximum absolute atomic E-state index is 12.7. The monoisotopic (exact) mass is 448 g/mol. The van der Waals surface area contributed by atoms with Crippen molar-refractivity contribution in [3.63, 3.8) is 0 Å². The Kier molecular flexibility index (Phi) is 8.02. The molecule has 33 heavy (non-hydrogen) atoms. The summed E-state index contributed by atoms with van der Waals surface area (Å²) >= 11 is 0. The van der Waals surface area contributed by atoms with Crippen molar-refractivity contribution in [3.05, 3.63) is 83.4 Å². The maximum Gasteiger partial charge on any atom is 0.343 e. The summed E-state index contributed by atoms with van der Waals surface area (Å²) in [5, 5.41) is 3.97. The first-order valence-electron chi connectivity index (χ1n) is 10.0. The Morgan fingerprint density at radius 1 is 0.879 bits per heavy atom. The van der Waals surface area contributed by atoms with E-state index in [1.54, 1.807) is 24.3 Å². The van der Waals surface area contributed by atoms with Crippen LogP contribution in [0.15, 0.2) is 71.8 Å². The standard InChI is InChI=1S/C25H24N2O6/c1-30-21-14-19(15-22(31-2)24(21)32-3)25(29)33-20-11-7-10-18(12-20)16-26-27-23(28)13-17-8-5-4-6-9-17/h4-12,14-16H,13H2,1-3H3,(H,27,28)/b26-16+. The molecule has 8 nitrogen and oxygen atoms in total. The molecule has 170 valence electrons. The topological polar surface area (TPSA) is 95.5 Å². The molecule has 0 atom stereocenters. The van der Waals surface area contributed by atoms with Crippen LogP contribution < -0.4 is 24.4 Å². The lowest BCUT2D eigenvalue weighted by Crippen LogP contribution is -2.19. The van der Waals surface area contributed by atoms with Crippen LogP contribution in [0.2, 0.25) is 0 Å². The molecule has 1 N–H and O–H groups in total. The third kappa shape index (κ3) is 6.33. The number of hydrazone groups is 1. The summed E-state index contributed by atoms with van der Waals surface area (Å²) in [6, 6.07) is 19.1. The van der Waals surface area contributed by atoms with Gasteiger partial charge in [-0.2, -0.15) is 5.10 Å². The molecule has 0 saturated carbocycles. The van der Waals surface area contributed by atoms with Crippen molar-refractivity contribution in [2.45, 2.75) is 6.42 Å². The van der Waals surface area contributed by atoms with Crippen LogP contribution in [-0.2, 0) is 11.2 Å². The first-order chi connectivity index (χ1) is 16.0. The lowest BCUT2D eigenvalue weighted by atomic mass is 10.1. The van der Waals surface area contributed by atoms with Crippen LogP contribution in [0.5, 0.6) is 23.0 Å². The zero-order chi connectivity index (χ0) is 23.6. The van der Waals surface area contributed by atoms with E-state index in [2.05, 4.69) is 10.5 Å². The van der Waals surface area contributed by atoms with Gasteiger partial charge in [0, 0.05) is 0 Å². The van der Waals surface area contributed by atoms with Crippen molar-refractivity contribution in [2.24, 2.45) is 5.10 Å². The molecule has 0 radical (unpaired) electrons. The minimum Gasteiger partial charge on any atom is -0.493 e. The summed E-state index contributed by atoms with van der Waals surface area (Å²) in [6.07, 6.45) is 1.70. The normalized spacial score (nSPS) is 10.5. The number of nitrogens with zero attached hydrogens (tertiary/aromatic N) is 1. The first kappa shape index (κ1) is 23.3. The molecule has 0 unspecified atom stereocenters. The van der Waals surface area contributed by atoms with Gasteiger partial charge in [0.05, 0.1) is 39.5 Å². The lowest BCUT2D eigenvalue weighted by molar-refractivity contribution is -0.120. The number of methoxy groups -OCH3 is 3. The Labute approximate surface area is 191 Å². The van der Waals surface area contributed by atoms with Gasteiger partial charge in [0.2, 0.25) is 11.7 Å². The van der Waals surface area contributed by atoms with Crippen LogP contribution >= 0.6 is 0 Å². The molecule has 0 aliphatic heterocycles. The van der Waals surface area contributed by atoms with Gasteiger partial charge in [0.1, 0.15) is 5.75 Å². The van der Waals surface area contributed by atoms with Crippen LogP contribution in [-0.4, -0.2) is 39.4 Å². The van der Waals surface area contributed by atoms with Gasteiger partial charge < -0.3 is 18.9 Å². The molecular formula is C25H24N2O6. The molecule has 0 spiro atoms. The minimum atomic E-state index is -0.598. The van der Waals surface area contributed by atoms with Crippen molar-refractivity contribution in [1.82, 2.24) is 5.43 Å². The van der Waals surface area contributed by atoms with Gasteiger partial charge in [-0.25, -0.2) is 10.2 Å². The minimum absolute atomic E-state index is 0.227. The van der Waals surface area contributed by atoms with E-state index in [-0.39, 0.29) is 17.9 Å². The molecule has 0 bridgehead atoms. The molecule has 0 fully saturated rings.